The largest absolute Gasteiger partial charge is 0.468 e. The molecule has 0 heterocycles. The van der Waals surface area contributed by atoms with Gasteiger partial charge in [-0.1, -0.05) is 29.8 Å². The molecule has 0 saturated heterocycles. The first kappa shape index (κ1) is 20.0. The third-order valence-electron chi connectivity index (χ3n) is 3.58. The summed E-state index contributed by atoms with van der Waals surface area (Å²) in [6.07, 6.45) is 0. The quantitative estimate of drug-likeness (QED) is 0.489. The zero-order valence-corrected chi connectivity index (χ0v) is 15.6. The van der Waals surface area contributed by atoms with Gasteiger partial charge in [-0.25, -0.2) is 0 Å². The fourth-order valence-corrected chi connectivity index (χ4v) is 2.70. The minimum absolute atomic E-state index is 0.0577. The molecule has 0 aliphatic carbocycles. The number of esters is 1. The highest BCUT2D eigenvalue weighted by Gasteiger charge is 2.27. The predicted octanol–water partition coefficient (Wildman–Crippen LogP) is 3.61. The Morgan fingerprint density at radius 3 is 2.04 bits per heavy atom. The summed E-state index contributed by atoms with van der Waals surface area (Å²) in [7, 11) is 4.38. The van der Waals surface area contributed by atoms with Crippen LogP contribution in [0.1, 0.15) is 17.0 Å². The highest BCUT2D eigenvalue weighted by molar-refractivity contribution is 6.31. The second-order valence-electron chi connectivity index (χ2n) is 5.32. The van der Waals surface area contributed by atoms with E-state index in [9.17, 15) is 4.79 Å². The molecule has 1 unspecified atom stereocenters. The number of hydrogen-bond acceptors (Lipinski definition) is 6. The summed E-state index contributed by atoms with van der Waals surface area (Å²) >= 11 is 6.31. The van der Waals surface area contributed by atoms with Gasteiger partial charge >= 0.3 is 5.97 Å². The van der Waals surface area contributed by atoms with E-state index in [1.165, 1.54) is 21.3 Å². The summed E-state index contributed by atoms with van der Waals surface area (Å²) in [5.41, 5.74) is 1.24. The molecule has 0 aromatic heterocycles. The van der Waals surface area contributed by atoms with Crippen LogP contribution in [0.2, 0.25) is 5.02 Å². The zero-order valence-electron chi connectivity index (χ0n) is 14.9. The van der Waals surface area contributed by atoms with Gasteiger partial charge in [-0.15, -0.1) is 0 Å². The van der Waals surface area contributed by atoms with Gasteiger partial charge in [-0.05, 0) is 29.3 Å². The van der Waals surface area contributed by atoms with Gasteiger partial charge in [0.1, 0.15) is 17.4 Å². The maximum Gasteiger partial charge on any atom is 0.317 e. The van der Waals surface area contributed by atoms with Crippen molar-refractivity contribution in [1.29, 1.82) is 0 Å². The molecule has 0 aliphatic rings. The van der Waals surface area contributed by atoms with Crippen LogP contribution < -0.4 is 9.47 Å². The summed E-state index contributed by atoms with van der Waals surface area (Å²) in [5.74, 6) is -0.211. The van der Waals surface area contributed by atoms with Crippen molar-refractivity contribution in [3.8, 4) is 11.5 Å². The van der Waals surface area contributed by atoms with Crippen molar-refractivity contribution in [2.45, 2.75) is 5.92 Å². The Morgan fingerprint density at radius 1 is 0.962 bits per heavy atom. The summed E-state index contributed by atoms with van der Waals surface area (Å²) in [4.78, 5) is 12.5. The van der Waals surface area contributed by atoms with Gasteiger partial charge in [0, 0.05) is 25.3 Å². The van der Waals surface area contributed by atoms with Crippen LogP contribution in [0.3, 0.4) is 0 Å². The Balaban J connectivity index is 2.51. The second kappa shape index (κ2) is 10.0. The van der Waals surface area contributed by atoms with E-state index < -0.39 is 11.9 Å². The lowest BCUT2D eigenvalue weighted by Gasteiger charge is -2.19. The fraction of sp³-hybridized carbons (Fsp3) is 0.316. The minimum atomic E-state index is -0.732. The Bertz CT molecular complexity index is 707. The first-order chi connectivity index (χ1) is 12.6. The zero-order chi connectivity index (χ0) is 18.9. The lowest BCUT2D eigenvalue weighted by atomic mass is 9.91. The van der Waals surface area contributed by atoms with Crippen LogP contribution in [0.5, 0.6) is 11.5 Å². The molecule has 0 saturated carbocycles. The monoisotopic (exact) mass is 380 g/mol. The minimum Gasteiger partial charge on any atom is -0.468 e. The molecule has 1 atom stereocenters. The molecule has 0 N–H and O–H groups in total. The SMILES string of the molecule is COCOc1cc(OCOC)cc(C(C(=O)OC)c2ccccc2Cl)c1. The van der Waals surface area contributed by atoms with Gasteiger partial charge in [-0.2, -0.15) is 0 Å². The van der Waals surface area contributed by atoms with E-state index in [1.807, 2.05) is 6.07 Å². The summed E-state index contributed by atoms with van der Waals surface area (Å²) in [5, 5.41) is 0.463. The molecular formula is C19H21ClO6. The van der Waals surface area contributed by atoms with Gasteiger partial charge in [-0.3, -0.25) is 4.79 Å². The number of methoxy groups -OCH3 is 3. The van der Waals surface area contributed by atoms with Gasteiger partial charge in [0.05, 0.1) is 7.11 Å². The number of benzene rings is 2. The molecule has 6 nitrogen and oxygen atoms in total. The molecule has 26 heavy (non-hydrogen) atoms. The average Bonchev–Trinajstić information content (AvgIpc) is 2.66. The van der Waals surface area contributed by atoms with Gasteiger partial charge in [0.15, 0.2) is 13.6 Å². The molecule has 140 valence electrons. The lowest BCUT2D eigenvalue weighted by Crippen LogP contribution is -2.16. The molecule has 0 radical (unpaired) electrons. The average molecular weight is 381 g/mol. The maximum absolute atomic E-state index is 12.5. The third-order valence-corrected chi connectivity index (χ3v) is 3.92. The fourth-order valence-electron chi connectivity index (χ4n) is 2.45. The smallest absolute Gasteiger partial charge is 0.317 e. The van der Waals surface area contributed by atoms with E-state index in [0.717, 1.165) is 0 Å². The molecule has 2 aromatic rings. The lowest BCUT2D eigenvalue weighted by molar-refractivity contribution is -0.141. The maximum atomic E-state index is 12.5. The van der Waals surface area contributed by atoms with Crippen LogP contribution in [0.15, 0.2) is 42.5 Å². The molecule has 0 bridgehead atoms. The van der Waals surface area contributed by atoms with E-state index in [1.54, 1.807) is 36.4 Å². The highest BCUT2D eigenvalue weighted by Crippen LogP contribution is 2.35. The van der Waals surface area contributed by atoms with E-state index in [-0.39, 0.29) is 13.6 Å². The normalized spacial score (nSPS) is 11.7. The molecule has 7 heteroatoms. The van der Waals surface area contributed by atoms with Crippen LogP contribution in [0.25, 0.3) is 0 Å². The molecule has 2 aromatic carbocycles. The van der Waals surface area contributed by atoms with Crippen molar-refractivity contribution in [3.63, 3.8) is 0 Å². The number of halogens is 1. The standard InChI is InChI=1S/C19H21ClO6/c1-22-11-25-14-8-13(9-15(10-14)26-12-23-2)18(19(21)24-3)16-6-4-5-7-17(16)20/h4-10,18H,11-12H2,1-3H3. The third kappa shape index (κ3) is 5.11. The Hall–Kier alpha value is -2.28. The van der Waals surface area contributed by atoms with Crippen molar-refractivity contribution in [1.82, 2.24) is 0 Å². The molecule has 0 aliphatic heterocycles. The first-order valence-electron chi connectivity index (χ1n) is 7.81. The van der Waals surface area contributed by atoms with E-state index in [0.29, 0.717) is 27.6 Å². The molecule has 0 spiro atoms. The van der Waals surface area contributed by atoms with Gasteiger partial charge in [0.25, 0.3) is 0 Å². The second-order valence-corrected chi connectivity index (χ2v) is 5.72. The Morgan fingerprint density at radius 2 is 1.54 bits per heavy atom. The van der Waals surface area contributed by atoms with Crippen LogP contribution >= 0.6 is 11.6 Å². The van der Waals surface area contributed by atoms with Crippen molar-refractivity contribution >= 4 is 17.6 Å². The summed E-state index contributed by atoms with van der Waals surface area (Å²) < 4.78 is 25.9. The number of rotatable bonds is 9. The Kier molecular flexibility index (Phi) is 7.72. The van der Waals surface area contributed by atoms with Crippen molar-refractivity contribution < 1.29 is 28.5 Å². The van der Waals surface area contributed by atoms with Gasteiger partial charge < -0.3 is 23.7 Å². The van der Waals surface area contributed by atoms with Crippen LogP contribution in [0, 0.1) is 0 Å². The van der Waals surface area contributed by atoms with Crippen molar-refractivity contribution in [2.24, 2.45) is 0 Å². The van der Waals surface area contributed by atoms with Crippen LogP contribution in [0.4, 0.5) is 0 Å². The Labute approximate surface area is 157 Å². The van der Waals surface area contributed by atoms with Crippen LogP contribution in [-0.2, 0) is 19.0 Å². The molecule has 0 amide bonds. The van der Waals surface area contributed by atoms with E-state index >= 15 is 0 Å². The molecule has 0 fully saturated rings. The molecule has 2 rings (SSSR count). The predicted molar refractivity (Wildman–Crippen MR) is 96.8 cm³/mol. The number of hydrogen-bond donors (Lipinski definition) is 0. The number of ether oxygens (including phenoxy) is 5. The topological polar surface area (TPSA) is 63.2 Å². The van der Waals surface area contributed by atoms with Crippen molar-refractivity contribution in [2.75, 3.05) is 34.9 Å². The van der Waals surface area contributed by atoms with Crippen LogP contribution in [-0.4, -0.2) is 40.9 Å². The first-order valence-corrected chi connectivity index (χ1v) is 8.19. The van der Waals surface area contributed by atoms with Crippen molar-refractivity contribution in [3.05, 3.63) is 58.6 Å². The van der Waals surface area contributed by atoms with E-state index in [2.05, 4.69) is 0 Å². The van der Waals surface area contributed by atoms with Gasteiger partial charge in [0.2, 0.25) is 0 Å². The summed E-state index contributed by atoms with van der Waals surface area (Å²) in [6, 6.07) is 12.2. The number of carbonyl (C=O) groups excluding carboxylic acids is 1. The molecular weight excluding hydrogens is 360 g/mol. The van der Waals surface area contributed by atoms with E-state index in [4.69, 9.17) is 35.3 Å². The highest BCUT2D eigenvalue weighted by atomic mass is 35.5. The number of carbonyl (C=O) groups is 1. The summed E-state index contributed by atoms with van der Waals surface area (Å²) in [6.45, 7) is 0.115.